The highest BCUT2D eigenvalue weighted by Crippen LogP contribution is 2.08. The first-order valence-electron chi connectivity index (χ1n) is 5.36. The number of aromatic nitrogens is 2. The summed E-state index contributed by atoms with van der Waals surface area (Å²) in [5, 5.41) is 18.6. The molecule has 6 heteroatoms. The molecule has 0 aliphatic carbocycles. The van der Waals surface area contributed by atoms with Crippen LogP contribution in [0.1, 0.15) is 30.6 Å². The molecular weight excluding hydrogens is 222 g/mol. The van der Waals surface area contributed by atoms with Crippen LogP contribution in [0.4, 0.5) is 0 Å². The predicted octanol–water partition coefficient (Wildman–Crippen LogP) is 0.706. The summed E-state index contributed by atoms with van der Waals surface area (Å²) in [6.45, 7) is 3.66. The van der Waals surface area contributed by atoms with E-state index in [2.05, 4.69) is 15.5 Å². The number of carbonyl (C=O) groups is 2. The first kappa shape index (κ1) is 13.1. The molecule has 0 radical (unpaired) electrons. The Balaban J connectivity index is 2.75. The van der Waals surface area contributed by atoms with Crippen molar-refractivity contribution in [3.8, 4) is 0 Å². The zero-order valence-corrected chi connectivity index (χ0v) is 9.75. The van der Waals surface area contributed by atoms with Crippen molar-refractivity contribution in [3.05, 3.63) is 24.0 Å². The van der Waals surface area contributed by atoms with Gasteiger partial charge in [0.25, 0.3) is 5.91 Å². The summed E-state index contributed by atoms with van der Waals surface area (Å²) >= 11 is 0. The third-order valence-corrected chi connectivity index (χ3v) is 2.61. The van der Waals surface area contributed by atoms with Gasteiger partial charge >= 0.3 is 5.97 Å². The molecular formula is C11H15N3O3. The molecule has 1 heterocycles. The quantitative estimate of drug-likeness (QED) is 0.786. The smallest absolute Gasteiger partial charge is 0.326 e. The van der Waals surface area contributed by atoms with Crippen molar-refractivity contribution in [2.75, 3.05) is 0 Å². The molecule has 0 saturated carbocycles. The first-order chi connectivity index (χ1) is 8.06. The maximum atomic E-state index is 11.7. The Morgan fingerprint density at radius 3 is 2.65 bits per heavy atom. The van der Waals surface area contributed by atoms with Gasteiger partial charge in [-0.15, -0.1) is 0 Å². The number of amides is 1. The number of carbonyl (C=O) groups excluding carboxylic acids is 1. The standard InChI is InChI=1S/C11H15N3O3/c1-3-7(2)9(11(16)17)14-10(15)8-4-5-12-13-6-8/h4-7,9H,3H2,1-2H3,(H,14,15)(H,16,17)/t7?,9-/m0/s1. The van der Waals surface area contributed by atoms with E-state index in [4.69, 9.17) is 5.11 Å². The maximum Gasteiger partial charge on any atom is 0.326 e. The number of hydrogen-bond donors (Lipinski definition) is 2. The second-order valence-electron chi connectivity index (χ2n) is 3.81. The van der Waals surface area contributed by atoms with Crippen LogP contribution in [0.15, 0.2) is 18.5 Å². The van der Waals surface area contributed by atoms with Gasteiger partial charge in [0.2, 0.25) is 0 Å². The number of nitrogens with one attached hydrogen (secondary N) is 1. The van der Waals surface area contributed by atoms with Crippen LogP contribution in [0.25, 0.3) is 0 Å². The molecule has 92 valence electrons. The number of hydrogen-bond acceptors (Lipinski definition) is 4. The van der Waals surface area contributed by atoms with Crippen LogP contribution in [-0.2, 0) is 4.79 Å². The van der Waals surface area contributed by atoms with Gasteiger partial charge < -0.3 is 10.4 Å². The minimum Gasteiger partial charge on any atom is -0.480 e. The van der Waals surface area contributed by atoms with E-state index in [9.17, 15) is 9.59 Å². The van der Waals surface area contributed by atoms with E-state index in [1.54, 1.807) is 6.92 Å². The third-order valence-electron chi connectivity index (χ3n) is 2.61. The molecule has 0 spiro atoms. The van der Waals surface area contributed by atoms with Crippen molar-refractivity contribution in [1.29, 1.82) is 0 Å². The fourth-order valence-corrected chi connectivity index (χ4v) is 1.33. The van der Waals surface area contributed by atoms with Crippen molar-refractivity contribution in [2.45, 2.75) is 26.3 Å². The molecule has 17 heavy (non-hydrogen) atoms. The van der Waals surface area contributed by atoms with Gasteiger partial charge in [-0.05, 0) is 12.0 Å². The Hall–Kier alpha value is -1.98. The average molecular weight is 237 g/mol. The first-order valence-corrected chi connectivity index (χ1v) is 5.36. The van der Waals surface area contributed by atoms with Crippen molar-refractivity contribution in [3.63, 3.8) is 0 Å². The average Bonchev–Trinajstić information content (AvgIpc) is 2.35. The van der Waals surface area contributed by atoms with Gasteiger partial charge in [-0.3, -0.25) is 4.79 Å². The Kier molecular flexibility index (Phi) is 4.56. The fraction of sp³-hybridized carbons (Fsp3) is 0.455. The SMILES string of the molecule is CCC(C)[C@H](NC(=O)c1ccnnc1)C(=O)O. The van der Waals surface area contributed by atoms with Gasteiger partial charge in [0.15, 0.2) is 0 Å². The molecule has 2 N–H and O–H groups in total. The normalized spacial score (nSPS) is 13.8. The van der Waals surface area contributed by atoms with Crippen molar-refractivity contribution >= 4 is 11.9 Å². The van der Waals surface area contributed by atoms with Crippen LogP contribution < -0.4 is 5.32 Å². The number of carboxylic acid groups (broad SMARTS) is 1. The summed E-state index contributed by atoms with van der Waals surface area (Å²) in [5.41, 5.74) is 0.301. The largest absolute Gasteiger partial charge is 0.480 e. The number of nitrogens with zero attached hydrogens (tertiary/aromatic N) is 2. The van der Waals surface area contributed by atoms with Crippen LogP contribution in [0.5, 0.6) is 0 Å². The number of aliphatic carboxylic acids is 1. The Labute approximate surface area is 99.1 Å². The number of carboxylic acids is 1. The topological polar surface area (TPSA) is 92.2 Å². The van der Waals surface area contributed by atoms with Gasteiger partial charge in [0, 0.05) is 0 Å². The van der Waals surface area contributed by atoms with E-state index in [-0.39, 0.29) is 5.92 Å². The Bertz CT molecular complexity index is 394. The van der Waals surface area contributed by atoms with Crippen LogP contribution in [0.2, 0.25) is 0 Å². The van der Waals surface area contributed by atoms with Gasteiger partial charge in [-0.2, -0.15) is 10.2 Å². The Morgan fingerprint density at radius 1 is 1.47 bits per heavy atom. The van der Waals surface area contributed by atoms with Crippen molar-refractivity contribution < 1.29 is 14.7 Å². The summed E-state index contributed by atoms with van der Waals surface area (Å²) in [7, 11) is 0. The monoisotopic (exact) mass is 237 g/mol. The summed E-state index contributed by atoms with van der Waals surface area (Å²) in [6.07, 6.45) is 3.35. The zero-order valence-electron chi connectivity index (χ0n) is 9.75. The van der Waals surface area contributed by atoms with Gasteiger partial charge in [0.05, 0.1) is 18.0 Å². The van der Waals surface area contributed by atoms with Crippen LogP contribution in [0.3, 0.4) is 0 Å². The van der Waals surface area contributed by atoms with Crippen LogP contribution in [0, 0.1) is 5.92 Å². The van der Waals surface area contributed by atoms with Gasteiger partial charge in [-0.1, -0.05) is 20.3 Å². The molecule has 0 aliphatic heterocycles. The molecule has 1 amide bonds. The maximum absolute atomic E-state index is 11.7. The summed E-state index contributed by atoms with van der Waals surface area (Å²) in [4.78, 5) is 22.8. The van der Waals surface area contributed by atoms with Crippen LogP contribution in [-0.4, -0.2) is 33.2 Å². The lowest BCUT2D eigenvalue weighted by Gasteiger charge is -2.19. The Morgan fingerprint density at radius 2 is 2.18 bits per heavy atom. The van der Waals surface area contributed by atoms with E-state index in [1.807, 2.05) is 6.92 Å². The second-order valence-corrected chi connectivity index (χ2v) is 3.81. The zero-order chi connectivity index (χ0) is 12.8. The summed E-state index contributed by atoms with van der Waals surface area (Å²) in [6, 6.07) is 0.596. The molecule has 0 aromatic carbocycles. The number of rotatable bonds is 5. The molecule has 1 unspecified atom stereocenters. The molecule has 0 fully saturated rings. The second kappa shape index (κ2) is 5.93. The molecule has 0 bridgehead atoms. The summed E-state index contributed by atoms with van der Waals surface area (Å²) < 4.78 is 0. The molecule has 0 aliphatic rings. The van der Waals surface area contributed by atoms with Crippen molar-refractivity contribution in [2.24, 2.45) is 5.92 Å². The summed E-state index contributed by atoms with van der Waals surface area (Å²) in [5.74, 6) is -1.62. The van der Waals surface area contributed by atoms with E-state index in [0.29, 0.717) is 12.0 Å². The van der Waals surface area contributed by atoms with Gasteiger partial charge in [-0.25, -0.2) is 4.79 Å². The molecule has 0 saturated heterocycles. The van der Waals surface area contributed by atoms with Gasteiger partial charge in [0.1, 0.15) is 6.04 Å². The molecule has 6 nitrogen and oxygen atoms in total. The molecule has 1 aromatic heterocycles. The highest BCUT2D eigenvalue weighted by atomic mass is 16.4. The minimum atomic E-state index is -1.03. The van der Waals surface area contributed by atoms with E-state index in [0.717, 1.165) is 0 Å². The lowest BCUT2D eigenvalue weighted by atomic mass is 9.99. The predicted molar refractivity (Wildman–Crippen MR) is 60.4 cm³/mol. The lowest BCUT2D eigenvalue weighted by Crippen LogP contribution is -2.45. The van der Waals surface area contributed by atoms with Crippen molar-refractivity contribution in [1.82, 2.24) is 15.5 Å². The third kappa shape index (κ3) is 3.51. The minimum absolute atomic E-state index is 0.133. The van der Waals surface area contributed by atoms with E-state index in [1.165, 1.54) is 18.5 Å². The highest BCUT2D eigenvalue weighted by Gasteiger charge is 2.25. The van der Waals surface area contributed by atoms with Crippen LogP contribution >= 0.6 is 0 Å². The molecule has 1 aromatic rings. The van der Waals surface area contributed by atoms with E-state index >= 15 is 0 Å². The van der Waals surface area contributed by atoms with E-state index < -0.39 is 17.9 Å². The molecule has 2 atom stereocenters. The highest BCUT2D eigenvalue weighted by molar-refractivity contribution is 5.96. The lowest BCUT2D eigenvalue weighted by molar-refractivity contribution is -0.140. The fourth-order valence-electron chi connectivity index (χ4n) is 1.33. The molecule has 1 rings (SSSR count).